The summed E-state index contributed by atoms with van der Waals surface area (Å²) < 4.78 is 0. The number of nitrogens with zero attached hydrogens (tertiary/aromatic N) is 1. The van der Waals surface area contributed by atoms with E-state index in [0.717, 1.165) is 0 Å². The van der Waals surface area contributed by atoms with E-state index in [0.29, 0.717) is 0 Å². The molecule has 0 radical (unpaired) electrons. The molecule has 82 valence electrons. The van der Waals surface area contributed by atoms with Crippen molar-refractivity contribution in [1.82, 2.24) is 0 Å². The number of aryl methyl sites for hydroxylation is 1. The molecular formula is C13H17FeN. The van der Waals surface area contributed by atoms with Crippen LogP contribution in [-0.2, 0) is 17.1 Å². The van der Waals surface area contributed by atoms with Gasteiger partial charge in [-0.1, -0.05) is 12.6 Å². The average Bonchev–Trinajstić information content (AvgIpc) is 2.74. The Morgan fingerprint density at radius 1 is 1.13 bits per heavy atom. The maximum absolute atomic E-state index is 2.12. The minimum absolute atomic E-state index is 0. The molecular weight excluding hydrogens is 226 g/mol. The van der Waals surface area contributed by atoms with Crippen LogP contribution in [0.3, 0.4) is 0 Å². The van der Waals surface area contributed by atoms with E-state index in [1.54, 1.807) is 0 Å². The molecule has 0 saturated carbocycles. The summed E-state index contributed by atoms with van der Waals surface area (Å²) in [6.45, 7) is 2.12. The van der Waals surface area contributed by atoms with Gasteiger partial charge in [0.2, 0.25) is 0 Å². The first kappa shape index (κ1) is 14.0. The molecule has 0 aromatic heterocycles. The van der Waals surface area contributed by atoms with Crippen molar-refractivity contribution >= 4 is 5.69 Å². The van der Waals surface area contributed by atoms with Gasteiger partial charge in [0.15, 0.2) is 0 Å². The van der Waals surface area contributed by atoms with Crippen LogP contribution in [0.2, 0.25) is 0 Å². The van der Waals surface area contributed by atoms with Crippen molar-refractivity contribution in [1.29, 1.82) is 0 Å². The van der Waals surface area contributed by atoms with E-state index in [1.807, 2.05) is 30.3 Å². The van der Waals surface area contributed by atoms with Crippen LogP contribution in [0.15, 0.2) is 48.5 Å². The first-order valence-electron chi connectivity index (χ1n) is 4.78. The van der Waals surface area contributed by atoms with Crippen molar-refractivity contribution in [3.8, 4) is 0 Å². The minimum atomic E-state index is 0. The van der Waals surface area contributed by atoms with Gasteiger partial charge in [-0.2, -0.15) is 30.3 Å². The van der Waals surface area contributed by atoms with Gasteiger partial charge in [-0.3, -0.25) is 0 Å². The fourth-order valence-corrected chi connectivity index (χ4v) is 1.32. The summed E-state index contributed by atoms with van der Waals surface area (Å²) in [6, 6.07) is 16.3. The molecule has 0 spiro atoms. The van der Waals surface area contributed by atoms with Crippen LogP contribution in [0.1, 0.15) is 5.56 Å². The number of rotatable bonds is 1. The summed E-state index contributed by atoms with van der Waals surface area (Å²) in [4.78, 5) is 2.12. The maximum Gasteiger partial charge on any atom is 2.00 e. The quantitative estimate of drug-likeness (QED) is 0.549. The minimum Gasteiger partial charge on any atom is -0.400 e. The number of anilines is 1. The molecule has 0 aliphatic heterocycles. The van der Waals surface area contributed by atoms with Crippen molar-refractivity contribution in [2.24, 2.45) is 0 Å². The standard InChI is InChI=1S/C8H12N.C5H5.Fe/c1-7-5-4-6-8(7)9(2)3;1-2-4-5-3-1;/h4-6H,1-3H3;1-5H;/q2*-1;+2. The van der Waals surface area contributed by atoms with Gasteiger partial charge in [0.25, 0.3) is 0 Å². The first-order valence-corrected chi connectivity index (χ1v) is 4.78. The predicted octanol–water partition coefficient (Wildman–Crippen LogP) is 3.18. The van der Waals surface area contributed by atoms with Crippen molar-refractivity contribution in [2.45, 2.75) is 6.92 Å². The fourth-order valence-electron chi connectivity index (χ4n) is 1.32. The zero-order chi connectivity index (χ0) is 10.4. The number of hydrogen-bond donors (Lipinski definition) is 0. The van der Waals surface area contributed by atoms with Gasteiger partial charge < -0.3 is 4.90 Å². The van der Waals surface area contributed by atoms with Gasteiger partial charge in [-0.15, -0.1) is 5.56 Å². The summed E-state index contributed by atoms with van der Waals surface area (Å²) in [5.74, 6) is 0. The van der Waals surface area contributed by atoms with Gasteiger partial charge >= 0.3 is 17.1 Å². The molecule has 0 aliphatic rings. The van der Waals surface area contributed by atoms with Crippen LogP contribution in [0.25, 0.3) is 0 Å². The molecule has 0 bridgehead atoms. The summed E-state index contributed by atoms with van der Waals surface area (Å²) in [7, 11) is 4.12. The molecule has 15 heavy (non-hydrogen) atoms. The third-order valence-electron chi connectivity index (χ3n) is 2.04. The summed E-state index contributed by atoms with van der Waals surface area (Å²) in [5.41, 5.74) is 2.66. The Labute approximate surface area is 103 Å². The summed E-state index contributed by atoms with van der Waals surface area (Å²) >= 11 is 0. The molecule has 2 aromatic rings. The van der Waals surface area contributed by atoms with Gasteiger partial charge in [0.05, 0.1) is 0 Å². The van der Waals surface area contributed by atoms with Crippen LogP contribution in [0, 0.1) is 6.92 Å². The van der Waals surface area contributed by atoms with Gasteiger partial charge in [0.1, 0.15) is 0 Å². The second-order valence-corrected chi connectivity index (χ2v) is 3.45. The molecule has 0 atom stereocenters. The SMILES string of the molecule is C[c-]1cccc1N(C)C.[Fe+2].c1cc[cH-]c1. The Morgan fingerprint density at radius 3 is 1.93 bits per heavy atom. The summed E-state index contributed by atoms with van der Waals surface area (Å²) in [6.07, 6.45) is 0. The van der Waals surface area contributed by atoms with Gasteiger partial charge in [-0.25, -0.2) is 18.2 Å². The third-order valence-corrected chi connectivity index (χ3v) is 2.04. The molecule has 0 heterocycles. The Morgan fingerprint density at radius 2 is 1.73 bits per heavy atom. The van der Waals surface area contributed by atoms with E-state index in [9.17, 15) is 0 Å². The topological polar surface area (TPSA) is 3.24 Å². The second-order valence-electron chi connectivity index (χ2n) is 3.45. The van der Waals surface area contributed by atoms with Crippen LogP contribution < -0.4 is 4.90 Å². The Kier molecular flexibility index (Phi) is 6.85. The molecule has 2 aromatic carbocycles. The molecule has 0 fully saturated rings. The van der Waals surface area contributed by atoms with E-state index in [4.69, 9.17) is 0 Å². The number of hydrogen-bond acceptors (Lipinski definition) is 1. The molecule has 0 saturated heterocycles. The van der Waals surface area contributed by atoms with Crippen molar-refractivity contribution in [3.63, 3.8) is 0 Å². The normalized spacial score (nSPS) is 8.47. The van der Waals surface area contributed by atoms with Crippen LogP contribution >= 0.6 is 0 Å². The molecule has 1 nitrogen and oxygen atoms in total. The molecule has 2 heteroatoms. The van der Waals surface area contributed by atoms with E-state index in [2.05, 4.69) is 44.1 Å². The predicted molar refractivity (Wildman–Crippen MR) is 63.1 cm³/mol. The molecule has 2 rings (SSSR count). The van der Waals surface area contributed by atoms with Crippen LogP contribution in [0.5, 0.6) is 0 Å². The maximum atomic E-state index is 2.12. The Balaban J connectivity index is 0.000000280. The second kappa shape index (κ2) is 7.33. The van der Waals surface area contributed by atoms with Crippen LogP contribution in [-0.4, -0.2) is 14.1 Å². The van der Waals surface area contributed by atoms with E-state index >= 15 is 0 Å². The van der Waals surface area contributed by atoms with Gasteiger partial charge in [-0.05, 0) is 0 Å². The Bertz CT molecular complexity index is 316. The van der Waals surface area contributed by atoms with Crippen molar-refractivity contribution in [2.75, 3.05) is 19.0 Å². The van der Waals surface area contributed by atoms with E-state index < -0.39 is 0 Å². The zero-order valence-corrected chi connectivity index (χ0v) is 10.5. The van der Waals surface area contributed by atoms with Gasteiger partial charge in [0, 0.05) is 14.1 Å². The monoisotopic (exact) mass is 243 g/mol. The largest absolute Gasteiger partial charge is 2.00 e. The molecule has 0 N–H and O–H groups in total. The van der Waals surface area contributed by atoms with Crippen molar-refractivity contribution in [3.05, 3.63) is 54.1 Å². The third kappa shape index (κ3) is 4.87. The van der Waals surface area contributed by atoms with E-state index in [1.165, 1.54) is 11.3 Å². The molecule has 0 amide bonds. The van der Waals surface area contributed by atoms with E-state index in [-0.39, 0.29) is 17.1 Å². The fraction of sp³-hybridized carbons (Fsp3) is 0.231. The smallest absolute Gasteiger partial charge is 0.400 e. The Hall–Kier alpha value is -0.981. The average molecular weight is 243 g/mol. The first-order chi connectivity index (χ1) is 6.72. The summed E-state index contributed by atoms with van der Waals surface area (Å²) in [5, 5.41) is 0. The molecule has 0 unspecified atom stereocenters. The molecule has 0 aliphatic carbocycles. The zero-order valence-electron chi connectivity index (χ0n) is 9.42. The van der Waals surface area contributed by atoms with Crippen molar-refractivity contribution < 1.29 is 17.1 Å². The van der Waals surface area contributed by atoms with Crippen LogP contribution in [0.4, 0.5) is 5.69 Å².